The molecule has 0 aliphatic heterocycles. The van der Waals surface area contributed by atoms with Gasteiger partial charge in [0, 0.05) is 10.9 Å². The van der Waals surface area contributed by atoms with Crippen molar-refractivity contribution >= 4 is 15.9 Å². The SMILES string of the molecule is CCCc1nnnn1-c1cccc(Br)c1. The zero-order chi connectivity index (χ0) is 10.7. The van der Waals surface area contributed by atoms with Crippen LogP contribution in [-0.4, -0.2) is 20.2 Å². The van der Waals surface area contributed by atoms with Crippen molar-refractivity contribution < 1.29 is 0 Å². The first-order chi connectivity index (χ1) is 7.31. The Morgan fingerprint density at radius 3 is 3.00 bits per heavy atom. The fourth-order valence-corrected chi connectivity index (χ4v) is 1.78. The standard InChI is InChI=1S/C10H11BrN4/c1-2-4-10-12-13-14-15(10)9-6-3-5-8(11)7-9/h3,5-7H,2,4H2,1H3. The molecule has 0 N–H and O–H groups in total. The van der Waals surface area contributed by atoms with E-state index in [0.717, 1.165) is 28.8 Å². The Morgan fingerprint density at radius 2 is 2.27 bits per heavy atom. The molecule has 4 nitrogen and oxygen atoms in total. The maximum atomic E-state index is 4.00. The third-order valence-corrected chi connectivity index (χ3v) is 2.55. The van der Waals surface area contributed by atoms with Crippen LogP contribution >= 0.6 is 15.9 Å². The lowest BCUT2D eigenvalue weighted by Gasteiger charge is -2.03. The van der Waals surface area contributed by atoms with E-state index in [2.05, 4.69) is 38.4 Å². The Hall–Kier alpha value is -1.23. The first-order valence-corrected chi connectivity index (χ1v) is 5.63. The highest BCUT2D eigenvalue weighted by Crippen LogP contribution is 2.15. The summed E-state index contributed by atoms with van der Waals surface area (Å²) in [6, 6.07) is 7.93. The molecule has 5 heteroatoms. The summed E-state index contributed by atoms with van der Waals surface area (Å²) in [7, 11) is 0. The van der Waals surface area contributed by atoms with E-state index in [-0.39, 0.29) is 0 Å². The van der Waals surface area contributed by atoms with E-state index in [9.17, 15) is 0 Å². The summed E-state index contributed by atoms with van der Waals surface area (Å²) in [5.41, 5.74) is 0.984. The van der Waals surface area contributed by atoms with Gasteiger partial charge in [-0.1, -0.05) is 28.9 Å². The van der Waals surface area contributed by atoms with Crippen LogP contribution in [0.25, 0.3) is 5.69 Å². The van der Waals surface area contributed by atoms with Crippen LogP contribution < -0.4 is 0 Å². The van der Waals surface area contributed by atoms with Gasteiger partial charge >= 0.3 is 0 Å². The molecular weight excluding hydrogens is 256 g/mol. The third-order valence-electron chi connectivity index (χ3n) is 2.06. The molecule has 1 heterocycles. The Morgan fingerprint density at radius 1 is 1.40 bits per heavy atom. The Kier molecular flexibility index (Phi) is 3.11. The molecule has 2 aromatic rings. The van der Waals surface area contributed by atoms with Crippen molar-refractivity contribution in [3.05, 3.63) is 34.6 Å². The van der Waals surface area contributed by atoms with Gasteiger partial charge in [0.25, 0.3) is 0 Å². The predicted octanol–water partition coefficient (Wildman–Crippen LogP) is 2.38. The number of benzene rings is 1. The van der Waals surface area contributed by atoms with Crippen molar-refractivity contribution in [3.8, 4) is 5.69 Å². The molecule has 0 fully saturated rings. The second kappa shape index (κ2) is 4.53. The highest BCUT2D eigenvalue weighted by atomic mass is 79.9. The number of nitrogens with zero attached hydrogens (tertiary/aromatic N) is 4. The summed E-state index contributed by atoms with van der Waals surface area (Å²) < 4.78 is 2.80. The molecule has 15 heavy (non-hydrogen) atoms. The van der Waals surface area contributed by atoms with Crippen LogP contribution in [0.2, 0.25) is 0 Å². The predicted molar refractivity (Wildman–Crippen MR) is 60.8 cm³/mol. The molecule has 78 valence electrons. The van der Waals surface area contributed by atoms with Crippen molar-refractivity contribution in [2.45, 2.75) is 19.8 Å². The van der Waals surface area contributed by atoms with Gasteiger partial charge in [-0.15, -0.1) is 5.10 Å². The largest absolute Gasteiger partial charge is 0.197 e. The topological polar surface area (TPSA) is 43.6 Å². The van der Waals surface area contributed by atoms with Crippen molar-refractivity contribution in [3.63, 3.8) is 0 Å². The Bertz CT molecular complexity index is 452. The fourth-order valence-electron chi connectivity index (χ4n) is 1.39. The second-order valence-corrected chi connectivity index (χ2v) is 4.15. The van der Waals surface area contributed by atoms with Crippen LogP contribution in [0.1, 0.15) is 19.2 Å². The normalized spacial score (nSPS) is 10.5. The zero-order valence-corrected chi connectivity index (χ0v) is 9.98. The first-order valence-electron chi connectivity index (χ1n) is 4.84. The van der Waals surface area contributed by atoms with Gasteiger partial charge in [-0.25, -0.2) is 0 Å². The Labute approximate surface area is 96.4 Å². The molecule has 1 aromatic heterocycles. The molecule has 0 amide bonds. The third kappa shape index (κ3) is 2.23. The minimum atomic E-state index is 0.888. The zero-order valence-electron chi connectivity index (χ0n) is 8.39. The summed E-state index contributed by atoms with van der Waals surface area (Å²) in [4.78, 5) is 0. The minimum absolute atomic E-state index is 0.888. The molecule has 0 unspecified atom stereocenters. The van der Waals surface area contributed by atoms with Crippen LogP contribution in [0, 0.1) is 0 Å². The van der Waals surface area contributed by atoms with Crippen LogP contribution in [0.15, 0.2) is 28.7 Å². The van der Waals surface area contributed by atoms with Gasteiger partial charge in [0.1, 0.15) is 0 Å². The average Bonchev–Trinajstić information content (AvgIpc) is 2.66. The van der Waals surface area contributed by atoms with Gasteiger partial charge in [0.15, 0.2) is 5.82 Å². The molecule has 1 aromatic carbocycles. The molecule has 0 aliphatic rings. The highest BCUT2D eigenvalue weighted by Gasteiger charge is 2.06. The monoisotopic (exact) mass is 266 g/mol. The molecule has 2 rings (SSSR count). The van der Waals surface area contributed by atoms with Gasteiger partial charge in [-0.2, -0.15) is 4.68 Å². The summed E-state index contributed by atoms with van der Waals surface area (Å²) >= 11 is 3.43. The number of aromatic nitrogens is 4. The maximum absolute atomic E-state index is 4.00. The molecule has 0 radical (unpaired) electrons. The van der Waals surface area contributed by atoms with E-state index in [1.165, 1.54) is 0 Å². The van der Waals surface area contributed by atoms with Crippen molar-refractivity contribution in [2.24, 2.45) is 0 Å². The lowest BCUT2D eigenvalue weighted by Crippen LogP contribution is -2.02. The highest BCUT2D eigenvalue weighted by molar-refractivity contribution is 9.10. The van der Waals surface area contributed by atoms with Gasteiger partial charge in [-0.3, -0.25) is 0 Å². The molecule has 0 bridgehead atoms. The molecule has 0 aliphatic carbocycles. The van der Waals surface area contributed by atoms with Crippen LogP contribution in [-0.2, 0) is 6.42 Å². The summed E-state index contributed by atoms with van der Waals surface area (Å²) in [6.45, 7) is 2.11. The lowest BCUT2D eigenvalue weighted by atomic mass is 10.3. The number of hydrogen-bond acceptors (Lipinski definition) is 3. The molecule has 0 spiro atoms. The Balaban J connectivity index is 2.40. The van der Waals surface area contributed by atoms with E-state index in [0.29, 0.717) is 0 Å². The molecule has 0 saturated heterocycles. The van der Waals surface area contributed by atoms with Gasteiger partial charge in [0.05, 0.1) is 5.69 Å². The van der Waals surface area contributed by atoms with E-state index in [4.69, 9.17) is 0 Å². The summed E-state index contributed by atoms with van der Waals surface area (Å²) in [5, 5.41) is 11.7. The van der Waals surface area contributed by atoms with Crippen LogP contribution in [0.4, 0.5) is 0 Å². The number of aryl methyl sites for hydroxylation is 1. The molecule has 0 saturated carbocycles. The number of tetrazole rings is 1. The smallest absolute Gasteiger partial charge is 0.156 e. The number of rotatable bonds is 3. The van der Waals surface area contributed by atoms with Crippen molar-refractivity contribution in [2.75, 3.05) is 0 Å². The minimum Gasteiger partial charge on any atom is -0.197 e. The van der Waals surface area contributed by atoms with Gasteiger partial charge in [0.2, 0.25) is 0 Å². The molecular formula is C10H11BrN4. The number of halogens is 1. The lowest BCUT2D eigenvalue weighted by molar-refractivity contribution is 0.745. The maximum Gasteiger partial charge on any atom is 0.156 e. The second-order valence-electron chi connectivity index (χ2n) is 3.24. The van der Waals surface area contributed by atoms with E-state index in [1.54, 1.807) is 4.68 Å². The fraction of sp³-hybridized carbons (Fsp3) is 0.300. The first kappa shape index (κ1) is 10.3. The average molecular weight is 267 g/mol. The quantitative estimate of drug-likeness (QED) is 0.857. The van der Waals surface area contributed by atoms with Crippen LogP contribution in [0.5, 0.6) is 0 Å². The van der Waals surface area contributed by atoms with E-state index >= 15 is 0 Å². The van der Waals surface area contributed by atoms with Gasteiger partial charge < -0.3 is 0 Å². The van der Waals surface area contributed by atoms with Gasteiger partial charge in [-0.05, 0) is 35.0 Å². The summed E-state index contributed by atoms with van der Waals surface area (Å²) in [5.74, 6) is 0.899. The van der Waals surface area contributed by atoms with Crippen LogP contribution in [0.3, 0.4) is 0 Å². The van der Waals surface area contributed by atoms with E-state index in [1.807, 2.05) is 24.3 Å². The molecule has 0 atom stereocenters. The van der Waals surface area contributed by atoms with Crippen molar-refractivity contribution in [1.29, 1.82) is 0 Å². The summed E-state index contributed by atoms with van der Waals surface area (Å²) in [6.07, 6.45) is 1.92. The van der Waals surface area contributed by atoms with E-state index < -0.39 is 0 Å². The van der Waals surface area contributed by atoms with Crippen molar-refractivity contribution in [1.82, 2.24) is 20.2 Å². The number of hydrogen-bond donors (Lipinski definition) is 0.